The SMILES string of the molecule is CNc1cccnc1S(=O)(=O)N(C)c1cccc(F)c1. The molecule has 5 nitrogen and oxygen atoms in total. The van der Waals surface area contributed by atoms with Crippen LogP contribution in [0, 0.1) is 5.82 Å². The lowest BCUT2D eigenvalue weighted by Gasteiger charge is -2.20. The Labute approximate surface area is 117 Å². The first kappa shape index (κ1) is 14.3. The quantitative estimate of drug-likeness (QED) is 0.938. The van der Waals surface area contributed by atoms with E-state index in [1.54, 1.807) is 19.2 Å². The summed E-state index contributed by atoms with van der Waals surface area (Å²) in [5.74, 6) is -0.501. The molecule has 0 aliphatic carbocycles. The number of aromatic nitrogens is 1. The summed E-state index contributed by atoms with van der Waals surface area (Å²) >= 11 is 0. The molecule has 0 atom stereocenters. The Hall–Kier alpha value is -2.15. The van der Waals surface area contributed by atoms with Crippen molar-refractivity contribution in [2.45, 2.75) is 5.03 Å². The third-order valence-corrected chi connectivity index (χ3v) is 4.56. The fraction of sp³-hybridized carbons (Fsp3) is 0.154. The molecule has 106 valence electrons. The van der Waals surface area contributed by atoms with Crippen LogP contribution in [-0.2, 0) is 10.0 Å². The molecule has 2 rings (SSSR count). The number of pyridine rings is 1. The molecule has 0 spiro atoms. The summed E-state index contributed by atoms with van der Waals surface area (Å²) in [4.78, 5) is 3.90. The first-order valence-corrected chi connectivity index (χ1v) is 7.28. The van der Waals surface area contributed by atoms with Gasteiger partial charge in [-0.05, 0) is 30.3 Å². The number of benzene rings is 1. The van der Waals surface area contributed by atoms with Crippen LogP contribution in [0.4, 0.5) is 15.8 Å². The van der Waals surface area contributed by atoms with Gasteiger partial charge < -0.3 is 5.32 Å². The van der Waals surface area contributed by atoms with Crippen LogP contribution < -0.4 is 9.62 Å². The zero-order valence-electron chi connectivity index (χ0n) is 11.0. The minimum atomic E-state index is -3.86. The molecule has 0 amide bonds. The zero-order valence-corrected chi connectivity index (χ0v) is 11.9. The maximum Gasteiger partial charge on any atom is 0.283 e. The van der Waals surface area contributed by atoms with Crippen LogP contribution in [0.25, 0.3) is 0 Å². The summed E-state index contributed by atoms with van der Waals surface area (Å²) in [7, 11) is -0.890. The van der Waals surface area contributed by atoms with E-state index in [1.165, 1.54) is 31.4 Å². The standard InChI is InChI=1S/C13H14FN3O2S/c1-15-12-7-4-8-16-13(12)20(18,19)17(2)11-6-3-5-10(14)9-11/h3-9,15H,1-2H3. The molecular formula is C13H14FN3O2S. The highest BCUT2D eigenvalue weighted by molar-refractivity contribution is 7.92. The monoisotopic (exact) mass is 295 g/mol. The van der Waals surface area contributed by atoms with Gasteiger partial charge in [-0.2, -0.15) is 8.42 Å². The second-order valence-corrected chi connectivity index (χ2v) is 5.94. The number of sulfonamides is 1. The lowest BCUT2D eigenvalue weighted by Crippen LogP contribution is -2.28. The van der Waals surface area contributed by atoms with Gasteiger partial charge in [0.25, 0.3) is 10.0 Å². The average Bonchev–Trinajstić information content (AvgIpc) is 2.46. The molecule has 0 saturated heterocycles. The van der Waals surface area contributed by atoms with E-state index in [0.717, 1.165) is 10.4 Å². The molecule has 0 aliphatic rings. The van der Waals surface area contributed by atoms with Crippen molar-refractivity contribution in [3.63, 3.8) is 0 Å². The van der Waals surface area contributed by atoms with Gasteiger partial charge in [0, 0.05) is 20.3 Å². The number of hydrogen-bond acceptors (Lipinski definition) is 4. The highest BCUT2D eigenvalue weighted by Gasteiger charge is 2.25. The Morgan fingerprint density at radius 1 is 1.25 bits per heavy atom. The Bertz CT molecular complexity index is 719. The van der Waals surface area contributed by atoms with Gasteiger partial charge in [0.15, 0.2) is 5.03 Å². The fourth-order valence-corrected chi connectivity index (χ4v) is 3.02. The van der Waals surface area contributed by atoms with Crippen molar-refractivity contribution in [2.24, 2.45) is 0 Å². The molecule has 1 N–H and O–H groups in total. The molecule has 0 bridgehead atoms. The van der Waals surface area contributed by atoms with E-state index < -0.39 is 15.8 Å². The Morgan fingerprint density at radius 3 is 2.65 bits per heavy atom. The van der Waals surface area contributed by atoms with Gasteiger partial charge in [-0.3, -0.25) is 4.31 Å². The summed E-state index contributed by atoms with van der Waals surface area (Å²) in [6.45, 7) is 0. The predicted molar refractivity (Wildman–Crippen MR) is 75.8 cm³/mol. The number of halogens is 1. The number of nitrogens with zero attached hydrogens (tertiary/aromatic N) is 2. The van der Waals surface area contributed by atoms with Gasteiger partial charge >= 0.3 is 0 Å². The smallest absolute Gasteiger partial charge is 0.283 e. The van der Waals surface area contributed by atoms with Crippen LogP contribution >= 0.6 is 0 Å². The predicted octanol–water partition coefficient (Wildman–Crippen LogP) is 2.09. The highest BCUT2D eigenvalue weighted by atomic mass is 32.2. The number of anilines is 2. The van der Waals surface area contributed by atoms with Crippen molar-refractivity contribution in [2.75, 3.05) is 23.7 Å². The van der Waals surface area contributed by atoms with E-state index in [4.69, 9.17) is 0 Å². The van der Waals surface area contributed by atoms with E-state index in [2.05, 4.69) is 10.3 Å². The Morgan fingerprint density at radius 2 is 2.00 bits per heavy atom. The summed E-state index contributed by atoms with van der Waals surface area (Å²) in [6.07, 6.45) is 1.40. The molecule has 0 fully saturated rings. The van der Waals surface area contributed by atoms with Crippen LogP contribution in [0.15, 0.2) is 47.6 Å². The summed E-state index contributed by atoms with van der Waals surface area (Å²) in [6, 6.07) is 8.62. The molecule has 1 heterocycles. The van der Waals surface area contributed by atoms with Crippen molar-refractivity contribution in [3.8, 4) is 0 Å². The van der Waals surface area contributed by atoms with Gasteiger partial charge in [-0.25, -0.2) is 9.37 Å². The van der Waals surface area contributed by atoms with Crippen molar-refractivity contribution in [3.05, 3.63) is 48.4 Å². The number of hydrogen-bond donors (Lipinski definition) is 1. The summed E-state index contributed by atoms with van der Waals surface area (Å²) in [5.41, 5.74) is 0.619. The van der Waals surface area contributed by atoms with Gasteiger partial charge in [0.05, 0.1) is 11.4 Å². The second-order valence-electron chi connectivity index (χ2n) is 4.06. The lowest BCUT2D eigenvalue weighted by molar-refractivity contribution is 0.590. The first-order chi connectivity index (χ1) is 9.46. The normalized spacial score (nSPS) is 11.2. The largest absolute Gasteiger partial charge is 0.386 e. The van der Waals surface area contributed by atoms with Crippen LogP contribution in [0.3, 0.4) is 0 Å². The minimum absolute atomic E-state index is 0.103. The van der Waals surface area contributed by atoms with Gasteiger partial charge in [0.1, 0.15) is 5.82 Å². The number of rotatable bonds is 4. The zero-order chi connectivity index (χ0) is 14.8. The second kappa shape index (κ2) is 5.46. The third kappa shape index (κ3) is 2.57. The van der Waals surface area contributed by atoms with E-state index >= 15 is 0 Å². The van der Waals surface area contributed by atoms with Crippen molar-refractivity contribution < 1.29 is 12.8 Å². The molecular weight excluding hydrogens is 281 g/mol. The van der Waals surface area contributed by atoms with Crippen molar-refractivity contribution in [1.29, 1.82) is 0 Å². The van der Waals surface area contributed by atoms with Crippen LogP contribution in [0.2, 0.25) is 0 Å². The molecule has 7 heteroatoms. The lowest BCUT2D eigenvalue weighted by atomic mass is 10.3. The first-order valence-electron chi connectivity index (χ1n) is 5.84. The molecule has 0 unspecified atom stereocenters. The molecule has 0 saturated carbocycles. The maximum atomic E-state index is 13.2. The van der Waals surface area contributed by atoms with Gasteiger partial charge in [-0.1, -0.05) is 6.07 Å². The van der Waals surface area contributed by atoms with E-state index in [1.807, 2.05) is 0 Å². The number of nitrogens with one attached hydrogen (secondary N) is 1. The Kier molecular flexibility index (Phi) is 3.89. The maximum absolute atomic E-state index is 13.2. The molecule has 1 aromatic carbocycles. The van der Waals surface area contributed by atoms with E-state index in [9.17, 15) is 12.8 Å². The topological polar surface area (TPSA) is 62.3 Å². The molecule has 0 radical (unpaired) electrons. The summed E-state index contributed by atoms with van der Waals surface area (Å²) < 4.78 is 39.3. The fourth-order valence-electron chi connectivity index (χ4n) is 1.73. The molecule has 2 aromatic rings. The van der Waals surface area contributed by atoms with E-state index in [-0.39, 0.29) is 10.7 Å². The van der Waals surface area contributed by atoms with Crippen molar-refractivity contribution in [1.82, 2.24) is 4.98 Å². The molecule has 0 aliphatic heterocycles. The molecule has 1 aromatic heterocycles. The van der Waals surface area contributed by atoms with Crippen LogP contribution in [0.5, 0.6) is 0 Å². The minimum Gasteiger partial charge on any atom is -0.386 e. The summed E-state index contributed by atoms with van der Waals surface area (Å²) in [5, 5.41) is 2.67. The van der Waals surface area contributed by atoms with E-state index in [0.29, 0.717) is 5.69 Å². The highest BCUT2D eigenvalue weighted by Crippen LogP contribution is 2.25. The van der Waals surface area contributed by atoms with Crippen molar-refractivity contribution >= 4 is 21.4 Å². The molecule has 20 heavy (non-hydrogen) atoms. The average molecular weight is 295 g/mol. The van der Waals surface area contributed by atoms with Crippen LogP contribution in [-0.4, -0.2) is 27.5 Å². The van der Waals surface area contributed by atoms with Crippen LogP contribution in [0.1, 0.15) is 0 Å². The van der Waals surface area contributed by atoms with Gasteiger partial charge in [-0.15, -0.1) is 0 Å². The third-order valence-electron chi connectivity index (χ3n) is 2.82. The Balaban J connectivity index is 2.50. The van der Waals surface area contributed by atoms with Gasteiger partial charge in [0.2, 0.25) is 0 Å².